The molecule has 1 unspecified atom stereocenters. The Hall–Kier alpha value is -2.68. The zero-order valence-electron chi connectivity index (χ0n) is 19.3. The molecule has 2 aromatic heterocycles. The molecule has 1 aromatic carbocycles. The number of rotatable bonds is 9. The summed E-state index contributed by atoms with van der Waals surface area (Å²) in [6.45, 7) is 6.52. The van der Waals surface area contributed by atoms with Gasteiger partial charge in [0.2, 0.25) is 0 Å². The van der Waals surface area contributed by atoms with Crippen LogP contribution >= 0.6 is 0 Å². The number of ether oxygens (including phenoxy) is 2. The largest absolute Gasteiger partial charge is 0.491 e. The minimum Gasteiger partial charge on any atom is -0.491 e. The molecule has 1 saturated heterocycles. The highest BCUT2D eigenvalue weighted by Gasteiger charge is 2.24. The summed E-state index contributed by atoms with van der Waals surface area (Å²) in [6, 6.07) is 10.2. The van der Waals surface area contributed by atoms with Crippen LogP contribution in [0.4, 0.5) is 5.82 Å². The van der Waals surface area contributed by atoms with Crippen molar-refractivity contribution in [2.75, 3.05) is 45.4 Å². The number of nitrogens with zero attached hydrogens (tertiary/aromatic N) is 4. The second-order valence-electron chi connectivity index (χ2n) is 8.67. The van der Waals surface area contributed by atoms with E-state index in [0.717, 1.165) is 41.3 Å². The lowest BCUT2D eigenvalue weighted by atomic mass is 10.1. The van der Waals surface area contributed by atoms with Crippen molar-refractivity contribution in [1.82, 2.24) is 19.9 Å². The number of anilines is 1. The van der Waals surface area contributed by atoms with Crippen molar-refractivity contribution in [3.63, 3.8) is 0 Å². The van der Waals surface area contributed by atoms with Gasteiger partial charge < -0.3 is 24.8 Å². The Balaban J connectivity index is 1.72. The van der Waals surface area contributed by atoms with E-state index in [1.165, 1.54) is 0 Å². The van der Waals surface area contributed by atoms with Crippen LogP contribution in [0.1, 0.15) is 31.7 Å². The average Bonchev–Trinajstić information content (AvgIpc) is 3.47. The molecule has 172 valence electrons. The molecule has 0 radical (unpaired) electrons. The molecule has 3 aromatic rings. The summed E-state index contributed by atoms with van der Waals surface area (Å²) in [6.07, 6.45) is 2.35. The van der Waals surface area contributed by atoms with Crippen molar-refractivity contribution in [3.05, 3.63) is 42.1 Å². The first-order valence-corrected chi connectivity index (χ1v) is 11.2. The number of aliphatic hydroxyl groups excluding tert-OH is 1. The van der Waals surface area contributed by atoms with E-state index in [4.69, 9.17) is 14.5 Å². The molecule has 0 bridgehead atoms. The molecule has 1 aliphatic rings. The van der Waals surface area contributed by atoms with E-state index >= 15 is 0 Å². The molecule has 8 heteroatoms. The summed E-state index contributed by atoms with van der Waals surface area (Å²) in [4.78, 5) is 7.24. The molecule has 2 N–H and O–H groups in total. The molecule has 0 amide bonds. The average molecular weight is 440 g/mol. The molecule has 32 heavy (non-hydrogen) atoms. The van der Waals surface area contributed by atoms with Crippen molar-refractivity contribution in [2.24, 2.45) is 0 Å². The molecule has 0 spiro atoms. The standard InChI is InChI=1S/C24H33N5O3/c1-16(2)21-13-26-29-23(28(4)18-8-9-31-14-18)11-22(27-24(21)29)17-6-5-7-20(10-17)32-15-19(30)12-25-3/h5-7,10-11,13,16,18-19,25,30H,8-9,12,14-15H2,1-4H3/t18-,19?/m1/s1. The Kier molecular flexibility index (Phi) is 6.93. The second kappa shape index (κ2) is 9.85. The fourth-order valence-electron chi connectivity index (χ4n) is 4.02. The number of benzene rings is 1. The van der Waals surface area contributed by atoms with Crippen molar-refractivity contribution in [1.29, 1.82) is 0 Å². The molecule has 2 atom stereocenters. The zero-order chi connectivity index (χ0) is 22.7. The molecule has 1 aliphatic heterocycles. The van der Waals surface area contributed by atoms with Crippen LogP contribution in [0.2, 0.25) is 0 Å². The highest BCUT2D eigenvalue weighted by atomic mass is 16.5. The van der Waals surface area contributed by atoms with Crippen LogP contribution in [-0.4, -0.2) is 72.3 Å². The van der Waals surface area contributed by atoms with E-state index in [2.05, 4.69) is 42.3 Å². The van der Waals surface area contributed by atoms with Gasteiger partial charge in [-0.05, 0) is 31.5 Å². The van der Waals surface area contributed by atoms with E-state index < -0.39 is 6.10 Å². The summed E-state index contributed by atoms with van der Waals surface area (Å²) in [5.74, 6) is 2.01. The number of fused-ring (bicyclic) bond motifs is 1. The highest BCUT2D eigenvalue weighted by molar-refractivity contribution is 5.69. The lowest BCUT2D eigenvalue weighted by molar-refractivity contribution is 0.108. The van der Waals surface area contributed by atoms with Crippen molar-refractivity contribution in [3.8, 4) is 17.0 Å². The Labute approximate surface area is 189 Å². The maximum absolute atomic E-state index is 9.95. The smallest absolute Gasteiger partial charge is 0.161 e. The Morgan fingerprint density at radius 2 is 2.19 bits per heavy atom. The number of likely N-dealkylation sites (N-methyl/N-ethyl adjacent to an activating group) is 2. The van der Waals surface area contributed by atoms with E-state index in [1.54, 1.807) is 7.05 Å². The van der Waals surface area contributed by atoms with Gasteiger partial charge in [-0.1, -0.05) is 26.0 Å². The normalized spacial score (nSPS) is 17.2. The number of aromatic nitrogens is 3. The third-order valence-electron chi connectivity index (χ3n) is 5.93. The number of nitrogens with one attached hydrogen (secondary N) is 1. The van der Waals surface area contributed by atoms with Crippen LogP contribution in [-0.2, 0) is 4.74 Å². The Bertz CT molecular complexity index is 1050. The lowest BCUT2D eigenvalue weighted by Gasteiger charge is -2.26. The fraction of sp³-hybridized carbons (Fsp3) is 0.500. The molecule has 0 aliphatic carbocycles. The minimum atomic E-state index is -0.563. The van der Waals surface area contributed by atoms with Crippen LogP contribution in [0.25, 0.3) is 16.9 Å². The summed E-state index contributed by atoms with van der Waals surface area (Å²) in [7, 11) is 3.90. The van der Waals surface area contributed by atoms with Crippen LogP contribution in [0.5, 0.6) is 5.75 Å². The van der Waals surface area contributed by atoms with Crippen LogP contribution in [0.3, 0.4) is 0 Å². The molecule has 3 heterocycles. The third kappa shape index (κ3) is 4.72. The van der Waals surface area contributed by atoms with Gasteiger partial charge in [0.05, 0.1) is 24.5 Å². The number of hydrogen-bond acceptors (Lipinski definition) is 7. The fourth-order valence-corrected chi connectivity index (χ4v) is 4.02. The van der Waals surface area contributed by atoms with Gasteiger partial charge >= 0.3 is 0 Å². The van der Waals surface area contributed by atoms with Crippen molar-refractivity contribution in [2.45, 2.75) is 38.3 Å². The predicted octanol–water partition coefficient (Wildman–Crippen LogP) is 2.70. The van der Waals surface area contributed by atoms with Gasteiger partial charge in [-0.2, -0.15) is 9.61 Å². The first-order chi connectivity index (χ1) is 15.5. The van der Waals surface area contributed by atoms with Crippen molar-refractivity contribution < 1.29 is 14.6 Å². The molecule has 1 fully saturated rings. The minimum absolute atomic E-state index is 0.229. The lowest BCUT2D eigenvalue weighted by Crippen LogP contribution is -2.33. The third-order valence-corrected chi connectivity index (χ3v) is 5.93. The maximum Gasteiger partial charge on any atom is 0.161 e. The van der Waals surface area contributed by atoms with Gasteiger partial charge in [-0.15, -0.1) is 0 Å². The summed E-state index contributed by atoms with van der Waals surface area (Å²) in [5.41, 5.74) is 3.81. The second-order valence-corrected chi connectivity index (χ2v) is 8.67. The Morgan fingerprint density at radius 1 is 1.34 bits per heavy atom. The topological polar surface area (TPSA) is 84.1 Å². The van der Waals surface area contributed by atoms with E-state index in [1.807, 2.05) is 35.0 Å². The Morgan fingerprint density at radius 3 is 2.91 bits per heavy atom. The SMILES string of the molecule is CNCC(O)COc1cccc(-c2cc(N(C)[C@@H]3CCOC3)n3ncc(C(C)C)c3n2)c1. The van der Waals surface area contributed by atoms with E-state index in [-0.39, 0.29) is 6.61 Å². The van der Waals surface area contributed by atoms with E-state index in [0.29, 0.717) is 30.9 Å². The van der Waals surface area contributed by atoms with Gasteiger partial charge in [-0.3, -0.25) is 0 Å². The summed E-state index contributed by atoms with van der Waals surface area (Å²) < 4.78 is 13.4. The van der Waals surface area contributed by atoms with Crippen LogP contribution in [0, 0.1) is 0 Å². The summed E-state index contributed by atoms with van der Waals surface area (Å²) >= 11 is 0. The molecular formula is C24H33N5O3. The molecule has 8 nitrogen and oxygen atoms in total. The first kappa shape index (κ1) is 22.5. The predicted molar refractivity (Wildman–Crippen MR) is 126 cm³/mol. The molecule has 0 saturated carbocycles. The first-order valence-electron chi connectivity index (χ1n) is 11.2. The van der Waals surface area contributed by atoms with Gasteiger partial charge in [-0.25, -0.2) is 4.98 Å². The van der Waals surface area contributed by atoms with Gasteiger partial charge in [0.25, 0.3) is 0 Å². The van der Waals surface area contributed by atoms with Gasteiger partial charge in [0, 0.05) is 37.4 Å². The number of hydrogen-bond donors (Lipinski definition) is 2. The summed E-state index contributed by atoms with van der Waals surface area (Å²) in [5, 5.41) is 17.6. The van der Waals surface area contributed by atoms with Crippen LogP contribution < -0.4 is 15.0 Å². The molecule has 4 rings (SSSR count). The van der Waals surface area contributed by atoms with E-state index in [9.17, 15) is 5.11 Å². The monoisotopic (exact) mass is 439 g/mol. The maximum atomic E-state index is 9.95. The molecular weight excluding hydrogens is 406 g/mol. The zero-order valence-corrected chi connectivity index (χ0v) is 19.3. The highest BCUT2D eigenvalue weighted by Crippen LogP contribution is 2.31. The van der Waals surface area contributed by atoms with Crippen molar-refractivity contribution >= 4 is 11.5 Å². The number of aliphatic hydroxyl groups is 1. The van der Waals surface area contributed by atoms with Gasteiger partial charge in [0.1, 0.15) is 24.3 Å². The van der Waals surface area contributed by atoms with Gasteiger partial charge in [0.15, 0.2) is 5.65 Å². The van der Waals surface area contributed by atoms with Crippen LogP contribution in [0.15, 0.2) is 36.5 Å². The quantitative estimate of drug-likeness (QED) is 0.530.